The molecule has 1 spiro atoms. The largest absolute Gasteiger partial charge is 0.497 e. The molecule has 2 atom stereocenters. The van der Waals surface area contributed by atoms with E-state index in [1.165, 1.54) is 7.11 Å². The maximum absolute atomic E-state index is 12.0. The van der Waals surface area contributed by atoms with Gasteiger partial charge >= 0.3 is 17.8 Å². The summed E-state index contributed by atoms with van der Waals surface area (Å²) in [5, 5.41) is 0.522. The number of halogens is 1. The number of likely N-dealkylation sites (tertiary alicyclic amines) is 1. The maximum atomic E-state index is 12.0. The zero-order valence-corrected chi connectivity index (χ0v) is 19.0. The quantitative estimate of drug-likeness (QED) is 0.301. The van der Waals surface area contributed by atoms with Crippen LogP contribution < -0.4 is 9.47 Å². The minimum atomic E-state index is -1.52. The van der Waals surface area contributed by atoms with Crippen molar-refractivity contribution in [2.45, 2.75) is 51.0 Å². The number of nitrogens with zero attached hydrogens (tertiary/aromatic N) is 1. The summed E-state index contributed by atoms with van der Waals surface area (Å²) in [5.41, 5.74) is 0. The molecule has 0 bridgehead atoms. The summed E-state index contributed by atoms with van der Waals surface area (Å²) in [6.07, 6.45) is 3.80. The first-order valence-electron chi connectivity index (χ1n) is 10.6. The molecule has 0 amide bonds. The first-order chi connectivity index (χ1) is 14.9. The molecule has 2 aliphatic heterocycles. The van der Waals surface area contributed by atoms with Crippen molar-refractivity contribution in [3.8, 4) is 11.5 Å². The predicted octanol–water partition coefficient (Wildman–Crippen LogP) is 3.40. The van der Waals surface area contributed by atoms with Crippen molar-refractivity contribution in [2.75, 3.05) is 33.9 Å². The van der Waals surface area contributed by atoms with Gasteiger partial charge in [-0.05, 0) is 37.3 Å². The third-order valence-corrected chi connectivity index (χ3v) is 5.98. The van der Waals surface area contributed by atoms with Gasteiger partial charge in [-0.25, -0.2) is 14.5 Å². The Labute approximate surface area is 187 Å². The second kappa shape index (κ2) is 10.5. The van der Waals surface area contributed by atoms with Crippen LogP contribution in [-0.2, 0) is 23.8 Å². The number of rotatable bonds is 10. The van der Waals surface area contributed by atoms with Crippen LogP contribution in [0, 0.1) is 5.92 Å². The van der Waals surface area contributed by atoms with Gasteiger partial charge in [-0.2, -0.15) is 0 Å². The Morgan fingerprint density at radius 1 is 1.13 bits per heavy atom. The Balaban J connectivity index is 1.70. The maximum Gasteiger partial charge on any atom is 0.422 e. The van der Waals surface area contributed by atoms with Gasteiger partial charge in [0.25, 0.3) is 0 Å². The standard InChI is InChI=1S/C22H30ClNO7/c1-4-5-6-9-24-10-7-15(19(28-3)22(24)30-20(25)21(26)31-22)8-11-29-18-13-16(23)12-17(14-18)27-2/h12-15,19H,4-11H2,1-3H3. The highest BCUT2D eigenvalue weighted by Gasteiger charge is 2.62. The van der Waals surface area contributed by atoms with E-state index in [1.807, 2.05) is 4.90 Å². The number of benzene rings is 1. The molecule has 2 aliphatic rings. The number of methoxy groups -OCH3 is 2. The first-order valence-corrected chi connectivity index (χ1v) is 11.0. The van der Waals surface area contributed by atoms with Crippen LogP contribution in [0.1, 0.15) is 39.0 Å². The summed E-state index contributed by atoms with van der Waals surface area (Å²) in [6, 6.07) is 5.18. The van der Waals surface area contributed by atoms with E-state index in [0.717, 1.165) is 25.7 Å². The highest BCUT2D eigenvalue weighted by molar-refractivity contribution is 6.31. The molecule has 2 saturated heterocycles. The molecular formula is C22H30ClNO7. The average Bonchev–Trinajstić information content (AvgIpc) is 3.03. The SMILES string of the molecule is CCCCCN1CCC(CCOc2cc(Cl)cc(OC)c2)C(OC)C12OC(=O)C(=O)O2. The molecule has 0 aromatic heterocycles. The number of hydrogen-bond acceptors (Lipinski definition) is 8. The fourth-order valence-electron chi connectivity index (χ4n) is 4.25. The zero-order valence-electron chi connectivity index (χ0n) is 18.2. The van der Waals surface area contributed by atoms with Crippen LogP contribution in [0.5, 0.6) is 11.5 Å². The molecule has 8 nitrogen and oxygen atoms in total. The molecule has 1 aromatic rings. The van der Waals surface area contributed by atoms with Gasteiger partial charge in [-0.3, -0.25) is 0 Å². The third kappa shape index (κ3) is 5.25. The van der Waals surface area contributed by atoms with Gasteiger partial charge in [0.15, 0.2) is 6.10 Å². The van der Waals surface area contributed by atoms with Crippen LogP contribution >= 0.6 is 11.6 Å². The van der Waals surface area contributed by atoms with Gasteiger partial charge < -0.3 is 23.7 Å². The van der Waals surface area contributed by atoms with Gasteiger partial charge in [0.05, 0.1) is 13.7 Å². The molecule has 0 aliphatic carbocycles. The van der Waals surface area contributed by atoms with Gasteiger partial charge in [0.2, 0.25) is 0 Å². The van der Waals surface area contributed by atoms with Crippen molar-refractivity contribution in [2.24, 2.45) is 5.92 Å². The number of piperidine rings is 1. The van der Waals surface area contributed by atoms with E-state index >= 15 is 0 Å². The lowest BCUT2D eigenvalue weighted by molar-refractivity contribution is -0.322. The fourth-order valence-corrected chi connectivity index (χ4v) is 4.46. The Morgan fingerprint density at radius 3 is 2.48 bits per heavy atom. The van der Waals surface area contributed by atoms with E-state index in [4.69, 9.17) is 35.3 Å². The number of carbonyl (C=O) groups is 2. The fraction of sp³-hybridized carbons (Fsp3) is 0.636. The number of carbonyl (C=O) groups excluding carboxylic acids is 2. The van der Waals surface area contributed by atoms with Gasteiger partial charge in [0.1, 0.15) is 11.5 Å². The molecule has 9 heteroatoms. The molecule has 2 unspecified atom stereocenters. The summed E-state index contributed by atoms with van der Waals surface area (Å²) >= 11 is 6.10. The van der Waals surface area contributed by atoms with Crippen molar-refractivity contribution in [3.63, 3.8) is 0 Å². The van der Waals surface area contributed by atoms with Crippen molar-refractivity contribution in [1.29, 1.82) is 0 Å². The monoisotopic (exact) mass is 455 g/mol. The Hall–Kier alpha value is -2.03. The summed E-state index contributed by atoms with van der Waals surface area (Å²) in [7, 11) is 3.11. The van der Waals surface area contributed by atoms with Crippen LogP contribution in [0.3, 0.4) is 0 Å². The minimum absolute atomic E-state index is 0.0350. The average molecular weight is 456 g/mol. The van der Waals surface area contributed by atoms with E-state index in [1.54, 1.807) is 25.3 Å². The molecule has 1 aromatic carbocycles. The van der Waals surface area contributed by atoms with Crippen LogP contribution in [0.4, 0.5) is 0 Å². The number of unbranched alkanes of at least 4 members (excludes halogenated alkanes) is 2. The molecule has 0 saturated carbocycles. The Bertz CT molecular complexity index is 771. The molecule has 2 fully saturated rings. The Morgan fingerprint density at radius 2 is 1.84 bits per heavy atom. The van der Waals surface area contributed by atoms with Gasteiger partial charge in [0, 0.05) is 31.3 Å². The van der Waals surface area contributed by atoms with Crippen molar-refractivity contribution in [3.05, 3.63) is 23.2 Å². The highest BCUT2D eigenvalue weighted by Crippen LogP contribution is 2.41. The lowest BCUT2D eigenvalue weighted by Crippen LogP contribution is -2.65. The summed E-state index contributed by atoms with van der Waals surface area (Å²) in [6.45, 7) is 3.78. The van der Waals surface area contributed by atoms with Crippen LogP contribution in [-0.4, -0.2) is 62.8 Å². The van der Waals surface area contributed by atoms with Crippen molar-refractivity contribution >= 4 is 23.5 Å². The predicted molar refractivity (Wildman–Crippen MR) is 113 cm³/mol. The second-order valence-corrected chi connectivity index (χ2v) is 8.21. The molecule has 172 valence electrons. The molecule has 31 heavy (non-hydrogen) atoms. The molecule has 0 N–H and O–H groups in total. The molecule has 3 rings (SSSR count). The lowest BCUT2D eigenvalue weighted by atomic mass is 9.87. The topological polar surface area (TPSA) is 83.5 Å². The second-order valence-electron chi connectivity index (χ2n) is 7.77. The van der Waals surface area contributed by atoms with Gasteiger partial charge in [-0.15, -0.1) is 0 Å². The van der Waals surface area contributed by atoms with E-state index in [-0.39, 0.29) is 5.92 Å². The van der Waals surface area contributed by atoms with Crippen LogP contribution in [0.25, 0.3) is 0 Å². The molecule has 0 radical (unpaired) electrons. The van der Waals surface area contributed by atoms with E-state index < -0.39 is 24.0 Å². The number of ether oxygens (including phenoxy) is 5. The van der Waals surface area contributed by atoms with E-state index in [0.29, 0.717) is 42.6 Å². The first kappa shape index (κ1) is 23.6. The zero-order chi connectivity index (χ0) is 22.4. The number of hydrogen-bond donors (Lipinski definition) is 0. The normalized spacial score (nSPS) is 23.0. The van der Waals surface area contributed by atoms with Crippen molar-refractivity contribution in [1.82, 2.24) is 4.90 Å². The summed E-state index contributed by atoms with van der Waals surface area (Å²) in [5.74, 6) is -2.30. The molecule has 2 heterocycles. The summed E-state index contributed by atoms with van der Waals surface area (Å²) in [4.78, 5) is 25.8. The third-order valence-electron chi connectivity index (χ3n) is 5.77. The lowest BCUT2D eigenvalue weighted by Gasteiger charge is -2.48. The van der Waals surface area contributed by atoms with Crippen molar-refractivity contribution < 1.29 is 33.3 Å². The van der Waals surface area contributed by atoms with Crippen LogP contribution in [0.15, 0.2) is 18.2 Å². The van der Waals surface area contributed by atoms with E-state index in [2.05, 4.69) is 6.92 Å². The molecular weight excluding hydrogens is 426 g/mol. The Kier molecular flexibility index (Phi) is 8.02. The smallest absolute Gasteiger partial charge is 0.422 e. The summed E-state index contributed by atoms with van der Waals surface area (Å²) < 4.78 is 27.8. The van der Waals surface area contributed by atoms with Crippen LogP contribution in [0.2, 0.25) is 5.02 Å². The van der Waals surface area contributed by atoms with Gasteiger partial charge in [-0.1, -0.05) is 31.4 Å². The van der Waals surface area contributed by atoms with E-state index in [9.17, 15) is 9.59 Å². The highest BCUT2D eigenvalue weighted by atomic mass is 35.5. The minimum Gasteiger partial charge on any atom is -0.497 e. The number of esters is 2.